The molecule has 0 radical (unpaired) electrons. The lowest BCUT2D eigenvalue weighted by Gasteiger charge is -2.19. The van der Waals surface area contributed by atoms with Crippen molar-refractivity contribution in [2.24, 2.45) is 5.11 Å². The second-order valence-corrected chi connectivity index (χ2v) is 4.49. The zero-order valence-corrected chi connectivity index (χ0v) is 9.59. The first-order chi connectivity index (χ1) is 8.22. The van der Waals surface area contributed by atoms with Gasteiger partial charge in [0.15, 0.2) is 0 Å². The topological polar surface area (TPSA) is 52.0 Å². The summed E-state index contributed by atoms with van der Waals surface area (Å²) in [5.74, 6) is 0. The van der Waals surface area contributed by atoms with Crippen molar-refractivity contribution in [1.29, 1.82) is 0 Å². The normalized spacial score (nSPS) is 24.5. The zero-order valence-electron chi connectivity index (χ0n) is 9.59. The van der Waals surface area contributed by atoms with Gasteiger partial charge in [-0.3, -0.25) is 4.90 Å². The molecular weight excluding hydrogens is 219 g/mol. The molecule has 90 valence electrons. The SMILES string of the molecule is [N-]=[N+]=NCC1(F)CCN(Cc2ccccc2)C1. The highest BCUT2D eigenvalue weighted by Gasteiger charge is 2.37. The predicted molar refractivity (Wildman–Crippen MR) is 64.2 cm³/mol. The van der Waals surface area contributed by atoms with Crippen molar-refractivity contribution in [2.75, 3.05) is 19.6 Å². The van der Waals surface area contributed by atoms with Crippen LogP contribution in [0.15, 0.2) is 35.4 Å². The molecule has 0 aliphatic carbocycles. The minimum Gasteiger partial charge on any atom is -0.296 e. The van der Waals surface area contributed by atoms with E-state index in [4.69, 9.17) is 5.53 Å². The summed E-state index contributed by atoms with van der Waals surface area (Å²) in [4.78, 5) is 4.68. The van der Waals surface area contributed by atoms with E-state index in [2.05, 4.69) is 14.9 Å². The van der Waals surface area contributed by atoms with Crippen LogP contribution >= 0.6 is 0 Å². The van der Waals surface area contributed by atoms with E-state index in [1.54, 1.807) is 0 Å². The first kappa shape index (κ1) is 11.9. The van der Waals surface area contributed by atoms with E-state index in [0.29, 0.717) is 19.5 Å². The minimum absolute atomic E-state index is 0.0607. The summed E-state index contributed by atoms with van der Waals surface area (Å²) in [5.41, 5.74) is 8.06. The third kappa shape index (κ3) is 3.19. The largest absolute Gasteiger partial charge is 0.296 e. The van der Waals surface area contributed by atoms with Crippen LogP contribution < -0.4 is 0 Å². The van der Waals surface area contributed by atoms with Crippen LogP contribution in [0.1, 0.15) is 12.0 Å². The van der Waals surface area contributed by atoms with E-state index < -0.39 is 5.67 Å². The molecule has 0 N–H and O–H groups in total. The Balaban J connectivity index is 1.92. The Kier molecular flexibility index (Phi) is 3.61. The molecule has 0 saturated carbocycles. The second-order valence-electron chi connectivity index (χ2n) is 4.49. The van der Waals surface area contributed by atoms with Gasteiger partial charge < -0.3 is 0 Å². The van der Waals surface area contributed by atoms with Crippen LogP contribution in [0.4, 0.5) is 4.39 Å². The molecule has 5 heteroatoms. The van der Waals surface area contributed by atoms with Gasteiger partial charge in [-0.15, -0.1) is 0 Å². The Morgan fingerprint density at radius 1 is 1.41 bits per heavy atom. The zero-order chi connectivity index (χ0) is 12.1. The molecule has 1 aliphatic heterocycles. The number of nitrogens with zero attached hydrogens (tertiary/aromatic N) is 4. The van der Waals surface area contributed by atoms with Gasteiger partial charge in [0.2, 0.25) is 0 Å². The van der Waals surface area contributed by atoms with Crippen molar-refractivity contribution in [1.82, 2.24) is 4.90 Å². The van der Waals surface area contributed by atoms with Gasteiger partial charge in [-0.25, -0.2) is 4.39 Å². The fraction of sp³-hybridized carbons (Fsp3) is 0.500. The number of benzene rings is 1. The molecule has 4 nitrogen and oxygen atoms in total. The Hall–Kier alpha value is -1.58. The summed E-state index contributed by atoms with van der Waals surface area (Å²) in [6.07, 6.45) is 0.443. The van der Waals surface area contributed by atoms with Gasteiger partial charge in [0, 0.05) is 24.5 Å². The number of halogens is 1. The number of hydrogen-bond donors (Lipinski definition) is 0. The van der Waals surface area contributed by atoms with E-state index in [0.717, 1.165) is 6.54 Å². The third-order valence-electron chi connectivity index (χ3n) is 3.05. The molecule has 0 aromatic heterocycles. The quantitative estimate of drug-likeness (QED) is 0.449. The Morgan fingerprint density at radius 3 is 2.88 bits per heavy atom. The Labute approximate surface area is 99.7 Å². The predicted octanol–water partition coefficient (Wildman–Crippen LogP) is 2.91. The fourth-order valence-corrected chi connectivity index (χ4v) is 2.18. The van der Waals surface area contributed by atoms with Crippen LogP contribution in [0.3, 0.4) is 0 Å². The van der Waals surface area contributed by atoms with Crippen LogP contribution in [0.2, 0.25) is 0 Å². The molecule has 1 fully saturated rings. The van der Waals surface area contributed by atoms with Gasteiger partial charge in [-0.1, -0.05) is 35.4 Å². The van der Waals surface area contributed by atoms with Gasteiger partial charge in [-0.05, 0) is 17.5 Å². The molecular formula is C12H15FN4. The number of alkyl halides is 1. The van der Waals surface area contributed by atoms with E-state index >= 15 is 0 Å². The van der Waals surface area contributed by atoms with Gasteiger partial charge in [0.05, 0.1) is 6.54 Å². The molecule has 1 aliphatic rings. The molecule has 1 aromatic carbocycles. The van der Waals surface area contributed by atoms with Crippen molar-refractivity contribution >= 4 is 0 Å². The molecule has 0 amide bonds. The van der Waals surface area contributed by atoms with Crippen molar-refractivity contribution in [3.05, 3.63) is 46.3 Å². The van der Waals surface area contributed by atoms with E-state index in [9.17, 15) is 4.39 Å². The fourth-order valence-electron chi connectivity index (χ4n) is 2.18. The summed E-state index contributed by atoms with van der Waals surface area (Å²) < 4.78 is 14.1. The lowest BCUT2D eigenvalue weighted by atomic mass is 10.1. The standard InChI is InChI=1S/C12H15FN4/c13-12(9-15-16-14)6-7-17(10-12)8-11-4-2-1-3-5-11/h1-5H,6-10H2. The number of hydrogen-bond acceptors (Lipinski definition) is 2. The minimum atomic E-state index is -1.35. The van der Waals surface area contributed by atoms with Crippen molar-refractivity contribution in [2.45, 2.75) is 18.6 Å². The van der Waals surface area contributed by atoms with Gasteiger partial charge >= 0.3 is 0 Å². The van der Waals surface area contributed by atoms with Crippen molar-refractivity contribution in [3.8, 4) is 0 Å². The monoisotopic (exact) mass is 234 g/mol. The number of likely N-dealkylation sites (tertiary alicyclic amines) is 1. The highest BCUT2D eigenvalue weighted by Crippen LogP contribution is 2.27. The lowest BCUT2D eigenvalue weighted by Crippen LogP contribution is -2.31. The molecule has 1 unspecified atom stereocenters. The van der Waals surface area contributed by atoms with Gasteiger partial charge in [0.1, 0.15) is 5.67 Å². The van der Waals surface area contributed by atoms with Crippen LogP contribution in [-0.4, -0.2) is 30.2 Å². The summed E-state index contributed by atoms with van der Waals surface area (Å²) in [6.45, 7) is 1.75. The van der Waals surface area contributed by atoms with Crippen molar-refractivity contribution < 1.29 is 4.39 Å². The van der Waals surface area contributed by atoms with Gasteiger partial charge in [-0.2, -0.15) is 0 Å². The van der Waals surface area contributed by atoms with Crippen LogP contribution in [-0.2, 0) is 6.54 Å². The maximum Gasteiger partial charge on any atom is 0.130 e. The van der Waals surface area contributed by atoms with E-state index in [-0.39, 0.29) is 6.54 Å². The molecule has 1 aromatic rings. The Morgan fingerprint density at radius 2 is 2.18 bits per heavy atom. The Bertz CT molecular complexity index is 416. The van der Waals surface area contributed by atoms with Crippen molar-refractivity contribution in [3.63, 3.8) is 0 Å². The summed E-state index contributed by atoms with van der Waals surface area (Å²) >= 11 is 0. The number of azide groups is 1. The van der Waals surface area contributed by atoms with E-state index in [1.807, 2.05) is 30.3 Å². The number of rotatable bonds is 4. The highest BCUT2D eigenvalue weighted by atomic mass is 19.1. The second kappa shape index (κ2) is 5.17. The average molecular weight is 234 g/mol. The molecule has 1 saturated heterocycles. The summed E-state index contributed by atoms with van der Waals surface area (Å²) in [5, 5.41) is 3.35. The molecule has 1 heterocycles. The lowest BCUT2D eigenvalue weighted by molar-refractivity contribution is 0.173. The first-order valence-corrected chi connectivity index (χ1v) is 5.68. The summed E-state index contributed by atoms with van der Waals surface area (Å²) in [6, 6.07) is 9.99. The average Bonchev–Trinajstić information content (AvgIpc) is 2.70. The molecule has 17 heavy (non-hydrogen) atoms. The summed E-state index contributed by atoms with van der Waals surface area (Å²) in [7, 11) is 0. The molecule has 2 rings (SSSR count). The maximum absolute atomic E-state index is 14.1. The van der Waals surface area contributed by atoms with E-state index in [1.165, 1.54) is 5.56 Å². The van der Waals surface area contributed by atoms with Gasteiger partial charge in [0.25, 0.3) is 0 Å². The highest BCUT2D eigenvalue weighted by molar-refractivity contribution is 5.15. The third-order valence-corrected chi connectivity index (χ3v) is 3.05. The van der Waals surface area contributed by atoms with Crippen LogP contribution in [0.25, 0.3) is 10.4 Å². The molecule has 0 spiro atoms. The molecule has 0 bridgehead atoms. The van der Waals surface area contributed by atoms with Crippen LogP contribution in [0.5, 0.6) is 0 Å². The smallest absolute Gasteiger partial charge is 0.130 e. The maximum atomic E-state index is 14.1. The molecule has 1 atom stereocenters. The first-order valence-electron chi connectivity index (χ1n) is 5.68. The van der Waals surface area contributed by atoms with Crippen LogP contribution in [0, 0.1) is 0 Å².